The fourth-order valence-electron chi connectivity index (χ4n) is 1.64. The van der Waals surface area contributed by atoms with Crippen LogP contribution in [0.2, 0.25) is 5.02 Å². The van der Waals surface area contributed by atoms with E-state index in [1.165, 1.54) is 16.9 Å². The van der Waals surface area contributed by atoms with Crippen molar-refractivity contribution >= 4 is 28.7 Å². The van der Waals surface area contributed by atoms with Gasteiger partial charge in [0, 0.05) is 9.90 Å². The van der Waals surface area contributed by atoms with E-state index in [4.69, 9.17) is 11.6 Å². The van der Waals surface area contributed by atoms with Gasteiger partial charge in [-0.1, -0.05) is 17.7 Å². The van der Waals surface area contributed by atoms with E-state index in [1.54, 1.807) is 6.92 Å². The van der Waals surface area contributed by atoms with Crippen LogP contribution in [0.3, 0.4) is 0 Å². The molecule has 1 heterocycles. The van der Waals surface area contributed by atoms with Crippen molar-refractivity contribution in [2.24, 2.45) is 0 Å². The Kier molecular flexibility index (Phi) is 3.36. The van der Waals surface area contributed by atoms with Crippen LogP contribution in [0.15, 0.2) is 24.3 Å². The van der Waals surface area contributed by atoms with Crippen molar-refractivity contribution < 1.29 is 4.79 Å². The fraction of sp³-hybridized carbons (Fsp3) is 0.214. The molecule has 2 aromatic rings. The summed E-state index contributed by atoms with van der Waals surface area (Å²) in [7, 11) is 0. The first-order chi connectivity index (χ1) is 7.99. The molecule has 0 aliphatic heterocycles. The quantitative estimate of drug-likeness (QED) is 0.706. The highest BCUT2D eigenvalue weighted by Gasteiger charge is 2.08. The minimum Gasteiger partial charge on any atom is -0.294 e. The van der Waals surface area contributed by atoms with E-state index in [2.05, 4.69) is 6.07 Å². The first-order valence-electron chi connectivity index (χ1n) is 5.37. The molecular formula is C14H13ClOS. The second-order valence-corrected chi connectivity index (χ2v) is 5.61. The zero-order chi connectivity index (χ0) is 12.6. The Labute approximate surface area is 110 Å². The maximum atomic E-state index is 11.3. The fourth-order valence-corrected chi connectivity index (χ4v) is 2.80. The summed E-state index contributed by atoms with van der Waals surface area (Å²) in [6, 6.07) is 7.91. The van der Waals surface area contributed by atoms with E-state index in [0.29, 0.717) is 0 Å². The maximum Gasteiger partial charge on any atom is 0.169 e. The summed E-state index contributed by atoms with van der Waals surface area (Å²) in [5.74, 6) is 0.108. The highest BCUT2D eigenvalue weighted by atomic mass is 35.5. The van der Waals surface area contributed by atoms with Crippen molar-refractivity contribution in [3.05, 3.63) is 45.3 Å². The summed E-state index contributed by atoms with van der Waals surface area (Å²) in [5.41, 5.74) is 3.36. The van der Waals surface area contributed by atoms with Gasteiger partial charge in [-0.15, -0.1) is 11.3 Å². The van der Waals surface area contributed by atoms with Gasteiger partial charge in [-0.25, -0.2) is 0 Å². The van der Waals surface area contributed by atoms with E-state index in [0.717, 1.165) is 25.9 Å². The van der Waals surface area contributed by atoms with Gasteiger partial charge in [0.1, 0.15) is 0 Å². The van der Waals surface area contributed by atoms with Gasteiger partial charge in [0.05, 0.1) is 4.88 Å². The average molecular weight is 265 g/mol. The Balaban J connectivity index is 2.49. The van der Waals surface area contributed by atoms with Crippen LogP contribution in [0.1, 0.15) is 27.7 Å². The van der Waals surface area contributed by atoms with Gasteiger partial charge in [0.2, 0.25) is 0 Å². The van der Waals surface area contributed by atoms with Gasteiger partial charge < -0.3 is 0 Å². The maximum absolute atomic E-state index is 11.3. The summed E-state index contributed by atoms with van der Waals surface area (Å²) in [6.07, 6.45) is 0. The van der Waals surface area contributed by atoms with Crippen molar-refractivity contribution in [3.8, 4) is 10.4 Å². The first-order valence-corrected chi connectivity index (χ1v) is 6.56. The van der Waals surface area contributed by atoms with Gasteiger partial charge in [-0.2, -0.15) is 0 Å². The van der Waals surface area contributed by atoms with Crippen LogP contribution in [0.4, 0.5) is 0 Å². The number of benzene rings is 1. The molecule has 1 aromatic heterocycles. The summed E-state index contributed by atoms with van der Waals surface area (Å²) in [5, 5.41) is 0.776. The molecule has 0 aliphatic carbocycles. The molecule has 88 valence electrons. The number of hydrogen-bond donors (Lipinski definition) is 0. The third kappa shape index (κ3) is 2.43. The highest BCUT2D eigenvalue weighted by molar-refractivity contribution is 7.17. The Morgan fingerprint density at radius 1 is 1.24 bits per heavy atom. The standard InChI is InChI=1S/C14H13ClOS/c1-8-6-11(7-12(15)9(8)2)14-5-4-13(17-14)10(3)16/h4-7H,1-3H3. The smallest absolute Gasteiger partial charge is 0.169 e. The number of aryl methyl sites for hydroxylation is 1. The number of halogens is 1. The minimum absolute atomic E-state index is 0.108. The second kappa shape index (κ2) is 4.63. The highest BCUT2D eigenvalue weighted by Crippen LogP contribution is 2.32. The van der Waals surface area contributed by atoms with E-state index < -0.39 is 0 Å². The number of thiophene rings is 1. The van der Waals surface area contributed by atoms with Gasteiger partial charge in [-0.05, 0) is 55.7 Å². The van der Waals surface area contributed by atoms with Crippen LogP contribution in [0.25, 0.3) is 10.4 Å². The van der Waals surface area contributed by atoms with Crippen molar-refractivity contribution in [2.75, 3.05) is 0 Å². The molecule has 1 aromatic carbocycles. The minimum atomic E-state index is 0.108. The average Bonchev–Trinajstić information content (AvgIpc) is 2.74. The monoisotopic (exact) mass is 264 g/mol. The molecule has 0 spiro atoms. The molecule has 1 nitrogen and oxygen atoms in total. The molecule has 0 aliphatic rings. The van der Waals surface area contributed by atoms with E-state index in [-0.39, 0.29) is 5.78 Å². The summed E-state index contributed by atoms with van der Waals surface area (Å²) < 4.78 is 0. The molecule has 0 fully saturated rings. The van der Waals surface area contributed by atoms with Crippen molar-refractivity contribution in [1.82, 2.24) is 0 Å². The molecule has 0 saturated carbocycles. The van der Waals surface area contributed by atoms with Gasteiger partial charge in [-0.3, -0.25) is 4.79 Å². The van der Waals surface area contributed by atoms with Crippen LogP contribution in [0, 0.1) is 13.8 Å². The van der Waals surface area contributed by atoms with Crippen molar-refractivity contribution in [3.63, 3.8) is 0 Å². The summed E-state index contributed by atoms with van der Waals surface area (Å²) >= 11 is 7.69. The van der Waals surface area contributed by atoms with Gasteiger partial charge in [0.25, 0.3) is 0 Å². The number of rotatable bonds is 2. The van der Waals surface area contributed by atoms with Crippen LogP contribution >= 0.6 is 22.9 Å². The van der Waals surface area contributed by atoms with E-state index >= 15 is 0 Å². The first kappa shape index (κ1) is 12.3. The summed E-state index contributed by atoms with van der Waals surface area (Å²) in [6.45, 7) is 5.64. The molecule has 17 heavy (non-hydrogen) atoms. The largest absolute Gasteiger partial charge is 0.294 e. The van der Waals surface area contributed by atoms with Crippen LogP contribution < -0.4 is 0 Å². The molecule has 0 amide bonds. The Hall–Kier alpha value is -1.12. The predicted molar refractivity (Wildman–Crippen MR) is 74.2 cm³/mol. The third-order valence-corrected chi connectivity index (χ3v) is 4.47. The molecule has 0 saturated heterocycles. The Morgan fingerprint density at radius 2 is 1.94 bits per heavy atom. The molecule has 0 bridgehead atoms. The van der Waals surface area contributed by atoms with Crippen LogP contribution in [0.5, 0.6) is 0 Å². The normalized spacial score (nSPS) is 10.6. The molecule has 0 unspecified atom stereocenters. The lowest BCUT2D eigenvalue weighted by molar-refractivity contribution is 0.102. The number of carbonyl (C=O) groups is 1. The zero-order valence-electron chi connectivity index (χ0n) is 10.0. The zero-order valence-corrected chi connectivity index (χ0v) is 11.6. The SMILES string of the molecule is CC(=O)c1ccc(-c2cc(C)c(C)c(Cl)c2)s1. The van der Waals surface area contributed by atoms with E-state index in [9.17, 15) is 4.79 Å². The van der Waals surface area contributed by atoms with Crippen LogP contribution in [-0.2, 0) is 0 Å². The van der Waals surface area contributed by atoms with Crippen molar-refractivity contribution in [1.29, 1.82) is 0 Å². The second-order valence-electron chi connectivity index (χ2n) is 4.12. The Morgan fingerprint density at radius 3 is 2.47 bits per heavy atom. The predicted octanol–water partition coefficient (Wildman–Crippen LogP) is 4.89. The number of hydrogen-bond acceptors (Lipinski definition) is 2. The lowest BCUT2D eigenvalue weighted by Crippen LogP contribution is -1.84. The Bertz CT molecular complexity index is 561. The molecule has 0 atom stereocenters. The van der Waals surface area contributed by atoms with Crippen molar-refractivity contribution in [2.45, 2.75) is 20.8 Å². The lowest BCUT2D eigenvalue weighted by Gasteiger charge is -2.06. The number of ketones is 1. The van der Waals surface area contributed by atoms with Crippen LogP contribution in [-0.4, -0.2) is 5.78 Å². The van der Waals surface area contributed by atoms with Gasteiger partial charge >= 0.3 is 0 Å². The molecule has 2 rings (SSSR count). The van der Waals surface area contributed by atoms with Gasteiger partial charge in [0.15, 0.2) is 5.78 Å². The topological polar surface area (TPSA) is 17.1 Å². The third-order valence-electron chi connectivity index (χ3n) is 2.84. The molecular weight excluding hydrogens is 252 g/mol. The number of carbonyl (C=O) groups excluding carboxylic acids is 1. The molecule has 0 radical (unpaired) electrons. The summed E-state index contributed by atoms with van der Waals surface area (Å²) in [4.78, 5) is 13.1. The molecule has 0 N–H and O–H groups in total. The number of Topliss-reactive ketones (excluding diaryl/α,β-unsaturated/α-hetero) is 1. The molecule has 3 heteroatoms. The lowest BCUT2D eigenvalue weighted by atomic mass is 10.1. The van der Waals surface area contributed by atoms with E-state index in [1.807, 2.05) is 32.0 Å².